The van der Waals surface area contributed by atoms with Crippen LogP contribution in [0.1, 0.15) is 16.7 Å². The second kappa shape index (κ2) is 7.53. The molecule has 0 heterocycles. The molecule has 0 unspecified atom stereocenters. The first-order valence-electron chi connectivity index (χ1n) is 7.00. The van der Waals surface area contributed by atoms with Crippen molar-refractivity contribution in [3.63, 3.8) is 0 Å². The molecule has 23 heavy (non-hydrogen) atoms. The maximum atomic E-state index is 12.0. The van der Waals surface area contributed by atoms with Gasteiger partial charge in [0, 0.05) is 22.3 Å². The molecule has 0 saturated carbocycles. The third-order valence-corrected chi connectivity index (χ3v) is 3.93. The average Bonchev–Trinajstić information content (AvgIpc) is 2.48. The number of hydrogen-bond donors (Lipinski definition) is 1. The van der Waals surface area contributed by atoms with Crippen molar-refractivity contribution in [2.75, 3.05) is 12.4 Å². The maximum Gasteiger partial charge on any atom is 0.248 e. The van der Waals surface area contributed by atoms with Crippen LogP contribution in [0.5, 0.6) is 5.75 Å². The Balaban J connectivity index is 2.16. The number of hydrogen-bond acceptors (Lipinski definition) is 2. The number of benzene rings is 2. The molecule has 0 aromatic heterocycles. The lowest BCUT2D eigenvalue weighted by atomic mass is 10.1. The first-order valence-corrected chi connectivity index (χ1v) is 7.75. The van der Waals surface area contributed by atoms with Crippen LogP contribution < -0.4 is 10.1 Å². The van der Waals surface area contributed by atoms with E-state index in [4.69, 9.17) is 27.9 Å². The number of aryl methyl sites for hydroxylation is 2. The average molecular weight is 350 g/mol. The summed E-state index contributed by atoms with van der Waals surface area (Å²) in [6.45, 7) is 4.02. The third kappa shape index (κ3) is 4.50. The van der Waals surface area contributed by atoms with E-state index in [9.17, 15) is 4.79 Å². The minimum Gasteiger partial charge on any atom is -0.495 e. The first-order chi connectivity index (χ1) is 10.9. The standard InChI is InChI=1S/C18H17Cl2NO2/c1-11-4-6-15(8-12(11)2)21-17(22)7-5-13-9-14(19)10-16(20)18(13)23-3/h4-10H,1-3H3,(H,21,22)/b7-5+. The number of amides is 1. The maximum absolute atomic E-state index is 12.0. The van der Waals surface area contributed by atoms with Gasteiger partial charge in [0.25, 0.3) is 0 Å². The van der Waals surface area contributed by atoms with E-state index >= 15 is 0 Å². The molecule has 0 fully saturated rings. The quantitative estimate of drug-likeness (QED) is 0.763. The molecule has 2 aromatic rings. The summed E-state index contributed by atoms with van der Waals surface area (Å²) in [6, 6.07) is 9.04. The molecule has 0 aliphatic rings. The highest BCUT2D eigenvalue weighted by molar-refractivity contribution is 6.36. The molecule has 5 heteroatoms. The molecule has 0 saturated heterocycles. The highest BCUT2D eigenvalue weighted by Crippen LogP contribution is 2.32. The molecule has 0 spiro atoms. The molecule has 2 rings (SSSR count). The van der Waals surface area contributed by atoms with Crippen molar-refractivity contribution in [3.8, 4) is 5.75 Å². The van der Waals surface area contributed by atoms with Crippen molar-refractivity contribution in [3.05, 3.63) is 63.1 Å². The fourth-order valence-electron chi connectivity index (χ4n) is 2.09. The van der Waals surface area contributed by atoms with Crippen LogP contribution >= 0.6 is 23.2 Å². The zero-order valence-electron chi connectivity index (χ0n) is 13.1. The van der Waals surface area contributed by atoms with Crippen molar-refractivity contribution in [2.45, 2.75) is 13.8 Å². The summed E-state index contributed by atoms with van der Waals surface area (Å²) >= 11 is 12.1. The largest absolute Gasteiger partial charge is 0.495 e. The number of methoxy groups -OCH3 is 1. The number of ether oxygens (including phenoxy) is 1. The molecule has 0 atom stereocenters. The zero-order chi connectivity index (χ0) is 17.0. The van der Waals surface area contributed by atoms with Gasteiger partial charge < -0.3 is 10.1 Å². The van der Waals surface area contributed by atoms with Crippen molar-refractivity contribution in [2.24, 2.45) is 0 Å². The van der Waals surface area contributed by atoms with Gasteiger partial charge in [-0.3, -0.25) is 4.79 Å². The van der Waals surface area contributed by atoms with Crippen LogP contribution in [-0.2, 0) is 4.79 Å². The Morgan fingerprint density at radius 3 is 2.52 bits per heavy atom. The Kier molecular flexibility index (Phi) is 5.69. The van der Waals surface area contributed by atoms with Gasteiger partial charge in [0.15, 0.2) is 0 Å². The van der Waals surface area contributed by atoms with E-state index in [0.717, 1.165) is 11.3 Å². The summed E-state index contributed by atoms with van der Waals surface area (Å²) in [4.78, 5) is 12.0. The van der Waals surface area contributed by atoms with E-state index in [2.05, 4.69) is 5.32 Å². The van der Waals surface area contributed by atoms with Gasteiger partial charge in [0.2, 0.25) is 5.91 Å². The summed E-state index contributed by atoms with van der Waals surface area (Å²) in [6.07, 6.45) is 3.03. The summed E-state index contributed by atoms with van der Waals surface area (Å²) in [5.41, 5.74) is 3.69. The minimum atomic E-state index is -0.244. The van der Waals surface area contributed by atoms with Gasteiger partial charge in [-0.1, -0.05) is 29.3 Å². The topological polar surface area (TPSA) is 38.3 Å². The summed E-state index contributed by atoms with van der Waals surface area (Å²) in [5.74, 6) is 0.234. The van der Waals surface area contributed by atoms with Gasteiger partial charge >= 0.3 is 0 Å². The highest BCUT2D eigenvalue weighted by atomic mass is 35.5. The van der Waals surface area contributed by atoms with Crippen molar-refractivity contribution in [1.29, 1.82) is 0 Å². The van der Waals surface area contributed by atoms with Crippen LogP contribution in [0.4, 0.5) is 5.69 Å². The lowest BCUT2D eigenvalue weighted by Crippen LogP contribution is -2.08. The van der Waals surface area contributed by atoms with Crippen LogP contribution in [0.2, 0.25) is 10.0 Å². The summed E-state index contributed by atoms with van der Waals surface area (Å²) in [7, 11) is 1.52. The molecular weight excluding hydrogens is 333 g/mol. The molecule has 0 radical (unpaired) electrons. The fourth-order valence-corrected chi connectivity index (χ4v) is 2.67. The molecule has 0 bridgehead atoms. The molecule has 3 nitrogen and oxygen atoms in total. The van der Waals surface area contributed by atoms with Crippen LogP contribution in [-0.4, -0.2) is 13.0 Å². The molecule has 1 N–H and O–H groups in total. The molecule has 2 aromatic carbocycles. The van der Waals surface area contributed by atoms with E-state index in [-0.39, 0.29) is 5.91 Å². The monoisotopic (exact) mass is 349 g/mol. The third-order valence-electron chi connectivity index (χ3n) is 3.43. The predicted molar refractivity (Wildman–Crippen MR) is 96.6 cm³/mol. The van der Waals surface area contributed by atoms with Crippen LogP contribution in [0, 0.1) is 13.8 Å². The van der Waals surface area contributed by atoms with Gasteiger partial charge in [-0.05, 0) is 55.3 Å². The lowest BCUT2D eigenvalue weighted by Gasteiger charge is -2.08. The summed E-state index contributed by atoms with van der Waals surface area (Å²) < 4.78 is 5.24. The molecule has 0 aliphatic heterocycles. The van der Waals surface area contributed by atoms with Crippen molar-refractivity contribution < 1.29 is 9.53 Å². The van der Waals surface area contributed by atoms with Gasteiger partial charge in [-0.2, -0.15) is 0 Å². The Morgan fingerprint density at radius 1 is 1.13 bits per heavy atom. The van der Waals surface area contributed by atoms with E-state index in [1.165, 1.54) is 18.7 Å². The summed E-state index contributed by atoms with van der Waals surface area (Å²) in [5, 5.41) is 3.69. The van der Waals surface area contributed by atoms with Gasteiger partial charge in [0.05, 0.1) is 12.1 Å². The second-order valence-electron chi connectivity index (χ2n) is 5.13. The van der Waals surface area contributed by atoms with E-state index < -0.39 is 0 Å². The fraction of sp³-hybridized carbons (Fsp3) is 0.167. The Bertz CT molecular complexity index is 770. The van der Waals surface area contributed by atoms with Crippen LogP contribution in [0.15, 0.2) is 36.4 Å². The number of nitrogens with one attached hydrogen (secondary N) is 1. The minimum absolute atomic E-state index is 0.244. The van der Waals surface area contributed by atoms with E-state index in [1.54, 1.807) is 18.2 Å². The number of carbonyl (C=O) groups is 1. The molecule has 1 amide bonds. The molecule has 0 aliphatic carbocycles. The zero-order valence-corrected chi connectivity index (χ0v) is 14.6. The smallest absolute Gasteiger partial charge is 0.248 e. The first kappa shape index (κ1) is 17.4. The SMILES string of the molecule is COc1c(Cl)cc(Cl)cc1/C=C/C(=O)Nc1ccc(C)c(C)c1. The number of rotatable bonds is 4. The Morgan fingerprint density at radius 2 is 1.87 bits per heavy atom. The van der Waals surface area contributed by atoms with Crippen LogP contribution in [0.25, 0.3) is 6.08 Å². The van der Waals surface area contributed by atoms with E-state index in [0.29, 0.717) is 21.4 Å². The normalized spacial score (nSPS) is 10.8. The lowest BCUT2D eigenvalue weighted by molar-refractivity contribution is -0.111. The number of anilines is 1. The highest BCUT2D eigenvalue weighted by Gasteiger charge is 2.08. The predicted octanol–water partition coefficient (Wildman–Crippen LogP) is 5.27. The number of halogens is 2. The van der Waals surface area contributed by atoms with Gasteiger partial charge in [-0.25, -0.2) is 0 Å². The van der Waals surface area contributed by atoms with Crippen molar-refractivity contribution >= 4 is 40.9 Å². The Labute approximate surface area is 145 Å². The molecular formula is C18H17Cl2NO2. The van der Waals surface area contributed by atoms with Gasteiger partial charge in [0.1, 0.15) is 5.75 Å². The van der Waals surface area contributed by atoms with Gasteiger partial charge in [-0.15, -0.1) is 0 Å². The van der Waals surface area contributed by atoms with E-state index in [1.807, 2.05) is 32.0 Å². The molecule has 120 valence electrons. The van der Waals surface area contributed by atoms with Crippen molar-refractivity contribution in [1.82, 2.24) is 0 Å². The second-order valence-corrected chi connectivity index (χ2v) is 5.98. The Hall–Kier alpha value is -1.97. The van der Waals surface area contributed by atoms with Crippen LogP contribution in [0.3, 0.4) is 0 Å². The number of carbonyl (C=O) groups excluding carboxylic acids is 1.